The Morgan fingerprint density at radius 2 is 2.25 bits per heavy atom. The van der Waals surface area contributed by atoms with Gasteiger partial charge >= 0.3 is 5.97 Å². The van der Waals surface area contributed by atoms with Crippen LogP contribution in [0.15, 0.2) is 21.7 Å². The zero-order chi connectivity index (χ0) is 14.9. The molecule has 0 aromatic carbocycles. The fourth-order valence-electron chi connectivity index (χ4n) is 1.61. The quantitative estimate of drug-likeness (QED) is 0.728. The predicted octanol–water partition coefficient (Wildman–Crippen LogP) is 0.444. The summed E-state index contributed by atoms with van der Waals surface area (Å²) in [5, 5.41) is 15.0. The standard InChI is InChI=1S/C10H12N4O5S/c1-5(9-11-4-12-13-9)14-20(17,18)8-3-7(10(15)16)19-6(8)2/h3-5,14H,1-2H3,(H,15,16)(H,11,12,13). The van der Waals surface area contributed by atoms with Crippen molar-refractivity contribution in [2.75, 3.05) is 0 Å². The second-order valence-electron chi connectivity index (χ2n) is 4.05. The third-order valence-electron chi connectivity index (χ3n) is 2.55. The molecule has 2 heterocycles. The number of nitrogens with zero attached hydrogens (tertiary/aromatic N) is 2. The van der Waals surface area contributed by atoms with Crippen molar-refractivity contribution in [3.8, 4) is 0 Å². The van der Waals surface area contributed by atoms with Gasteiger partial charge in [-0.3, -0.25) is 5.10 Å². The van der Waals surface area contributed by atoms with Gasteiger partial charge in [-0.05, 0) is 13.8 Å². The zero-order valence-corrected chi connectivity index (χ0v) is 11.4. The molecule has 1 atom stereocenters. The molecule has 108 valence electrons. The van der Waals surface area contributed by atoms with Gasteiger partial charge in [0.2, 0.25) is 15.8 Å². The van der Waals surface area contributed by atoms with Crippen molar-refractivity contribution in [3.05, 3.63) is 29.7 Å². The first kappa shape index (κ1) is 14.2. The highest BCUT2D eigenvalue weighted by atomic mass is 32.2. The number of rotatable bonds is 5. The van der Waals surface area contributed by atoms with E-state index in [-0.39, 0.29) is 10.7 Å². The number of aromatic nitrogens is 3. The Hall–Kier alpha value is -2.20. The molecule has 10 heteroatoms. The van der Waals surface area contributed by atoms with E-state index in [1.54, 1.807) is 6.92 Å². The lowest BCUT2D eigenvalue weighted by Crippen LogP contribution is -2.27. The molecule has 0 bridgehead atoms. The number of hydrogen-bond donors (Lipinski definition) is 3. The molecule has 20 heavy (non-hydrogen) atoms. The summed E-state index contributed by atoms with van der Waals surface area (Å²) in [5.74, 6) is -1.43. The van der Waals surface area contributed by atoms with Gasteiger partial charge in [0.05, 0.1) is 6.04 Å². The van der Waals surface area contributed by atoms with Crippen molar-refractivity contribution in [1.29, 1.82) is 0 Å². The monoisotopic (exact) mass is 300 g/mol. The lowest BCUT2D eigenvalue weighted by molar-refractivity contribution is 0.0661. The number of carboxylic acid groups (broad SMARTS) is 1. The van der Waals surface area contributed by atoms with E-state index >= 15 is 0 Å². The van der Waals surface area contributed by atoms with Crippen molar-refractivity contribution in [1.82, 2.24) is 19.9 Å². The zero-order valence-electron chi connectivity index (χ0n) is 10.6. The van der Waals surface area contributed by atoms with E-state index in [2.05, 4.69) is 19.9 Å². The lowest BCUT2D eigenvalue weighted by Gasteiger charge is -2.10. The first-order chi connectivity index (χ1) is 9.31. The average Bonchev–Trinajstić information content (AvgIpc) is 2.96. The molecule has 1 unspecified atom stereocenters. The molecule has 0 aliphatic heterocycles. The second-order valence-corrected chi connectivity index (χ2v) is 5.73. The SMILES string of the molecule is Cc1oc(C(=O)O)cc1S(=O)(=O)NC(C)c1ncn[nH]1. The molecule has 0 aliphatic rings. The summed E-state index contributed by atoms with van der Waals surface area (Å²) < 4.78 is 31.6. The molecule has 0 spiro atoms. The summed E-state index contributed by atoms with van der Waals surface area (Å²) in [5.41, 5.74) is 0. The Morgan fingerprint density at radius 3 is 2.75 bits per heavy atom. The van der Waals surface area contributed by atoms with Gasteiger partial charge in [-0.25, -0.2) is 22.9 Å². The fourth-order valence-corrected chi connectivity index (χ4v) is 3.00. The Morgan fingerprint density at radius 1 is 1.55 bits per heavy atom. The van der Waals surface area contributed by atoms with Crippen molar-refractivity contribution in [2.45, 2.75) is 24.8 Å². The Balaban J connectivity index is 2.29. The van der Waals surface area contributed by atoms with Gasteiger partial charge in [0.15, 0.2) is 0 Å². The van der Waals surface area contributed by atoms with Crippen LogP contribution in [-0.4, -0.2) is 34.7 Å². The molecule has 9 nitrogen and oxygen atoms in total. The van der Waals surface area contributed by atoms with Crippen LogP contribution in [0.3, 0.4) is 0 Å². The van der Waals surface area contributed by atoms with Crippen LogP contribution in [0.2, 0.25) is 0 Å². The smallest absolute Gasteiger partial charge is 0.371 e. The summed E-state index contributed by atoms with van der Waals surface area (Å²) in [4.78, 5) is 14.4. The van der Waals surface area contributed by atoms with Crippen molar-refractivity contribution in [2.24, 2.45) is 0 Å². The molecule has 2 aromatic rings. The molecule has 2 aromatic heterocycles. The van der Waals surface area contributed by atoms with Gasteiger partial charge in [0, 0.05) is 6.07 Å². The minimum atomic E-state index is -3.92. The largest absolute Gasteiger partial charge is 0.475 e. The number of hydrogen-bond acceptors (Lipinski definition) is 6. The number of nitrogens with one attached hydrogen (secondary N) is 2. The first-order valence-electron chi connectivity index (χ1n) is 5.52. The normalized spacial score (nSPS) is 13.3. The summed E-state index contributed by atoms with van der Waals surface area (Å²) in [6.07, 6.45) is 1.26. The highest BCUT2D eigenvalue weighted by molar-refractivity contribution is 7.89. The number of aromatic carboxylic acids is 1. The van der Waals surface area contributed by atoms with Gasteiger partial charge in [-0.15, -0.1) is 0 Å². The summed E-state index contributed by atoms with van der Waals surface area (Å²) in [7, 11) is -3.92. The van der Waals surface area contributed by atoms with Gasteiger partial charge in [-0.1, -0.05) is 0 Å². The van der Waals surface area contributed by atoms with Crippen LogP contribution < -0.4 is 4.72 Å². The van der Waals surface area contributed by atoms with E-state index in [0.717, 1.165) is 6.07 Å². The number of carbonyl (C=O) groups is 1. The molecule has 0 amide bonds. The molecule has 0 aliphatic carbocycles. The highest BCUT2D eigenvalue weighted by Gasteiger charge is 2.26. The van der Waals surface area contributed by atoms with Crippen LogP contribution in [0.5, 0.6) is 0 Å². The molecule has 3 N–H and O–H groups in total. The Kier molecular flexibility index (Phi) is 3.59. The van der Waals surface area contributed by atoms with Crippen LogP contribution in [-0.2, 0) is 10.0 Å². The van der Waals surface area contributed by atoms with E-state index < -0.39 is 27.8 Å². The molecular weight excluding hydrogens is 288 g/mol. The van der Waals surface area contributed by atoms with E-state index in [1.165, 1.54) is 13.3 Å². The number of furan rings is 1. The second kappa shape index (κ2) is 5.06. The van der Waals surface area contributed by atoms with E-state index in [1.807, 2.05) is 0 Å². The van der Waals surface area contributed by atoms with Gasteiger partial charge < -0.3 is 9.52 Å². The van der Waals surface area contributed by atoms with Gasteiger partial charge in [0.25, 0.3) is 0 Å². The number of carboxylic acids is 1. The molecular formula is C10H12N4O5S. The third kappa shape index (κ3) is 2.70. The van der Waals surface area contributed by atoms with Crippen molar-refractivity contribution in [3.63, 3.8) is 0 Å². The Bertz CT molecular complexity index is 719. The third-order valence-corrected chi connectivity index (χ3v) is 4.20. The van der Waals surface area contributed by atoms with Crippen LogP contribution in [0, 0.1) is 6.92 Å². The number of sulfonamides is 1. The van der Waals surface area contributed by atoms with Crippen LogP contribution >= 0.6 is 0 Å². The lowest BCUT2D eigenvalue weighted by atomic mass is 10.3. The summed E-state index contributed by atoms with van der Waals surface area (Å²) >= 11 is 0. The minimum Gasteiger partial charge on any atom is -0.475 e. The Labute approximate surface area is 114 Å². The van der Waals surface area contributed by atoms with Crippen molar-refractivity contribution < 1.29 is 22.7 Å². The van der Waals surface area contributed by atoms with Crippen LogP contribution in [0.4, 0.5) is 0 Å². The number of H-pyrrole nitrogens is 1. The van der Waals surface area contributed by atoms with Crippen LogP contribution in [0.1, 0.15) is 35.1 Å². The number of aromatic amines is 1. The molecule has 0 saturated heterocycles. The van der Waals surface area contributed by atoms with Gasteiger partial charge in [-0.2, -0.15) is 5.10 Å². The molecule has 0 saturated carbocycles. The molecule has 0 fully saturated rings. The maximum atomic E-state index is 12.2. The molecule has 2 rings (SSSR count). The maximum absolute atomic E-state index is 12.2. The summed E-state index contributed by atoms with van der Waals surface area (Å²) in [6, 6.07) is 0.317. The van der Waals surface area contributed by atoms with Crippen LogP contribution in [0.25, 0.3) is 0 Å². The average molecular weight is 300 g/mol. The van der Waals surface area contributed by atoms with Crippen molar-refractivity contribution >= 4 is 16.0 Å². The first-order valence-corrected chi connectivity index (χ1v) is 7.01. The minimum absolute atomic E-state index is 0.000306. The predicted molar refractivity (Wildman–Crippen MR) is 65.5 cm³/mol. The summed E-state index contributed by atoms with van der Waals surface area (Å²) in [6.45, 7) is 2.95. The van der Waals surface area contributed by atoms with E-state index in [9.17, 15) is 13.2 Å². The van der Waals surface area contributed by atoms with Gasteiger partial charge in [0.1, 0.15) is 22.8 Å². The highest BCUT2D eigenvalue weighted by Crippen LogP contribution is 2.21. The fraction of sp³-hybridized carbons (Fsp3) is 0.300. The maximum Gasteiger partial charge on any atom is 0.371 e. The number of aryl methyl sites for hydroxylation is 1. The molecule has 0 radical (unpaired) electrons. The topological polar surface area (TPSA) is 138 Å². The van der Waals surface area contributed by atoms with E-state index in [4.69, 9.17) is 9.52 Å². The van der Waals surface area contributed by atoms with E-state index in [0.29, 0.717) is 5.82 Å².